The number of benzene rings is 9. The maximum absolute atomic E-state index is 2.39. The molecule has 1 aromatic heterocycles. The molecule has 0 unspecified atom stereocenters. The number of hydrogen-bond donors (Lipinski definition) is 0. The van der Waals surface area contributed by atoms with E-state index in [1.807, 2.05) is 11.3 Å². The molecule has 0 amide bonds. The van der Waals surface area contributed by atoms with Gasteiger partial charge in [-0.3, -0.25) is 0 Å². The van der Waals surface area contributed by atoms with Gasteiger partial charge >= 0.3 is 0 Å². The first kappa shape index (κ1) is 30.4. The Labute approximate surface area is 307 Å². The summed E-state index contributed by atoms with van der Waals surface area (Å²) in [5.74, 6) is 0. The highest BCUT2D eigenvalue weighted by Crippen LogP contribution is 2.43. The van der Waals surface area contributed by atoms with E-state index >= 15 is 0 Å². The van der Waals surface area contributed by atoms with Gasteiger partial charge in [0.05, 0.1) is 0 Å². The summed E-state index contributed by atoms with van der Waals surface area (Å²) in [7, 11) is 0. The molecule has 0 spiro atoms. The number of hydrogen-bond acceptors (Lipinski definition) is 2. The highest BCUT2D eigenvalue weighted by molar-refractivity contribution is 7.25. The van der Waals surface area contributed by atoms with E-state index in [0.717, 1.165) is 17.1 Å². The van der Waals surface area contributed by atoms with Crippen molar-refractivity contribution in [3.63, 3.8) is 0 Å². The highest BCUT2D eigenvalue weighted by atomic mass is 32.1. The zero-order valence-electron chi connectivity index (χ0n) is 28.4. The van der Waals surface area contributed by atoms with Gasteiger partial charge in [-0.05, 0) is 97.4 Å². The van der Waals surface area contributed by atoms with Crippen LogP contribution in [0.2, 0.25) is 0 Å². The SMILES string of the molecule is c1ccc(-c2ccc3ccccc3c2-c2ccc(N(c3ccc(-c4cccc5ccccc45)cc3)c3ccc4c(c3)sc3ccccc34)cc2)cc1. The van der Waals surface area contributed by atoms with Crippen LogP contribution in [0.15, 0.2) is 200 Å². The molecule has 0 aliphatic carbocycles. The Morgan fingerprint density at radius 2 is 0.865 bits per heavy atom. The average Bonchev–Trinajstić information content (AvgIpc) is 3.59. The fraction of sp³-hybridized carbons (Fsp3) is 0. The summed E-state index contributed by atoms with van der Waals surface area (Å²) in [5.41, 5.74) is 10.7. The van der Waals surface area contributed by atoms with Crippen LogP contribution < -0.4 is 4.90 Å². The molecule has 0 aliphatic heterocycles. The van der Waals surface area contributed by atoms with Gasteiger partial charge in [0.1, 0.15) is 0 Å². The van der Waals surface area contributed by atoms with Crippen molar-refractivity contribution in [2.24, 2.45) is 0 Å². The lowest BCUT2D eigenvalue weighted by atomic mass is 9.89. The molecule has 52 heavy (non-hydrogen) atoms. The van der Waals surface area contributed by atoms with E-state index in [0.29, 0.717) is 0 Å². The van der Waals surface area contributed by atoms with Crippen molar-refractivity contribution in [3.8, 4) is 33.4 Å². The zero-order valence-corrected chi connectivity index (χ0v) is 29.2. The molecule has 0 saturated carbocycles. The predicted molar refractivity (Wildman–Crippen MR) is 225 cm³/mol. The highest BCUT2D eigenvalue weighted by Gasteiger charge is 2.17. The van der Waals surface area contributed by atoms with Crippen LogP contribution in [-0.2, 0) is 0 Å². The quantitative estimate of drug-likeness (QED) is 0.169. The average molecular weight is 680 g/mol. The van der Waals surface area contributed by atoms with Gasteiger partial charge in [-0.1, -0.05) is 158 Å². The summed E-state index contributed by atoms with van der Waals surface area (Å²) in [6.45, 7) is 0. The molecule has 244 valence electrons. The van der Waals surface area contributed by atoms with Gasteiger partial charge in [0.25, 0.3) is 0 Å². The number of nitrogens with zero attached hydrogens (tertiary/aromatic N) is 1. The Hall–Kier alpha value is -6.48. The number of thiophene rings is 1. The first-order valence-electron chi connectivity index (χ1n) is 17.8. The molecule has 0 saturated heterocycles. The first-order chi connectivity index (χ1) is 25.8. The first-order valence-corrected chi connectivity index (χ1v) is 18.6. The minimum Gasteiger partial charge on any atom is -0.310 e. The number of anilines is 3. The molecule has 9 aromatic carbocycles. The molecular formula is C50H33NS. The number of fused-ring (bicyclic) bond motifs is 5. The van der Waals surface area contributed by atoms with Gasteiger partial charge in [-0.25, -0.2) is 0 Å². The normalized spacial score (nSPS) is 11.5. The van der Waals surface area contributed by atoms with Crippen LogP contribution in [0.25, 0.3) is 75.1 Å². The Kier molecular flexibility index (Phi) is 7.41. The Balaban J connectivity index is 1.11. The van der Waals surface area contributed by atoms with E-state index in [1.54, 1.807) is 0 Å². The van der Waals surface area contributed by atoms with Gasteiger partial charge in [0.15, 0.2) is 0 Å². The second-order valence-corrected chi connectivity index (χ2v) is 14.4. The molecule has 0 fully saturated rings. The minimum absolute atomic E-state index is 1.11. The summed E-state index contributed by atoms with van der Waals surface area (Å²) in [6, 6.07) is 72.9. The summed E-state index contributed by atoms with van der Waals surface area (Å²) >= 11 is 1.86. The molecule has 0 N–H and O–H groups in total. The van der Waals surface area contributed by atoms with E-state index in [4.69, 9.17) is 0 Å². The molecule has 10 rings (SSSR count). The van der Waals surface area contributed by atoms with Gasteiger partial charge in [-0.2, -0.15) is 0 Å². The van der Waals surface area contributed by atoms with E-state index < -0.39 is 0 Å². The van der Waals surface area contributed by atoms with Crippen LogP contribution in [0.4, 0.5) is 17.1 Å². The molecular weight excluding hydrogens is 647 g/mol. The van der Waals surface area contributed by atoms with E-state index in [2.05, 4.69) is 205 Å². The topological polar surface area (TPSA) is 3.24 Å². The van der Waals surface area contributed by atoms with E-state index in [1.165, 1.54) is 75.1 Å². The van der Waals surface area contributed by atoms with Crippen LogP contribution >= 0.6 is 11.3 Å². The maximum Gasteiger partial charge on any atom is 0.0476 e. The molecule has 0 aliphatic rings. The fourth-order valence-corrected chi connectivity index (χ4v) is 8.93. The summed E-state index contributed by atoms with van der Waals surface area (Å²) in [5, 5.41) is 7.63. The molecule has 1 heterocycles. The monoisotopic (exact) mass is 679 g/mol. The van der Waals surface area contributed by atoms with Gasteiger partial charge in [0.2, 0.25) is 0 Å². The van der Waals surface area contributed by atoms with Crippen molar-refractivity contribution in [1.29, 1.82) is 0 Å². The minimum atomic E-state index is 1.11. The standard InChI is InChI=1S/C50H33NS/c1-2-11-35(12-3-1)45-31-25-36-14-5-7-17-44(36)50(45)38-23-28-40(29-24-38)51(41-30-32-47-46-18-8-9-20-48(46)52-49(47)33-41)39-26-21-37(22-27-39)43-19-10-15-34-13-4-6-16-42(34)43/h1-33H. The molecule has 0 radical (unpaired) electrons. The largest absolute Gasteiger partial charge is 0.310 e. The smallest absolute Gasteiger partial charge is 0.0476 e. The van der Waals surface area contributed by atoms with Gasteiger partial charge in [0, 0.05) is 37.2 Å². The molecule has 0 atom stereocenters. The van der Waals surface area contributed by atoms with Crippen LogP contribution in [-0.4, -0.2) is 0 Å². The van der Waals surface area contributed by atoms with Crippen molar-refractivity contribution in [2.45, 2.75) is 0 Å². The lowest BCUT2D eigenvalue weighted by Gasteiger charge is -2.26. The van der Waals surface area contributed by atoms with Crippen LogP contribution in [0.1, 0.15) is 0 Å². The second-order valence-electron chi connectivity index (χ2n) is 13.3. The summed E-state index contributed by atoms with van der Waals surface area (Å²) in [4.78, 5) is 2.39. The van der Waals surface area contributed by atoms with Crippen molar-refractivity contribution in [2.75, 3.05) is 4.90 Å². The number of rotatable bonds is 6. The molecule has 2 heteroatoms. The van der Waals surface area contributed by atoms with Crippen LogP contribution in [0.5, 0.6) is 0 Å². The molecule has 0 bridgehead atoms. The van der Waals surface area contributed by atoms with Crippen molar-refractivity contribution in [1.82, 2.24) is 0 Å². The molecule has 10 aromatic rings. The third-order valence-corrected chi connectivity index (χ3v) is 11.4. The van der Waals surface area contributed by atoms with Crippen molar-refractivity contribution < 1.29 is 0 Å². The zero-order chi connectivity index (χ0) is 34.4. The van der Waals surface area contributed by atoms with Crippen molar-refractivity contribution in [3.05, 3.63) is 200 Å². The second kappa shape index (κ2) is 12.7. The lowest BCUT2D eigenvalue weighted by molar-refractivity contribution is 1.29. The van der Waals surface area contributed by atoms with Gasteiger partial charge < -0.3 is 4.90 Å². The Morgan fingerprint density at radius 1 is 0.308 bits per heavy atom. The fourth-order valence-electron chi connectivity index (χ4n) is 7.79. The maximum atomic E-state index is 2.39. The Bertz CT molecular complexity index is 2880. The van der Waals surface area contributed by atoms with Crippen LogP contribution in [0, 0.1) is 0 Å². The third-order valence-electron chi connectivity index (χ3n) is 10.3. The Morgan fingerprint density at radius 3 is 1.63 bits per heavy atom. The predicted octanol–water partition coefficient (Wildman–Crippen LogP) is 14.8. The van der Waals surface area contributed by atoms with Gasteiger partial charge in [-0.15, -0.1) is 11.3 Å². The summed E-state index contributed by atoms with van der Waals surface area (Å²) in [6.07, 6.45) is 0. The third kappa shape index (κ3) is 5.24. The van der Waals surface area contributed by atoms with E-state index in [9.17, 15) is 0 Å². The van der Waals surface area contributed by atoms with Crippen molar-refractivity contribution >= 4 is 70.1 Å². The van der Waals surface area contributed by atoms with Crippen LogP contribution in [0.3, 0.4) is 0 Å². The summed E-state index contributed by atoms with van der Waals surface area (Å²) < 4.78 is 2.60. The molecule has 1 nitrogen and oxygen atoms in total. The van der Waals surface area contributed by atoms with E-state index in [-0.39, 0.29) is 0 Å². The lowest BCUT2D eigenvalue weighted by Crippen LogP contribution is -2.09.